The van der Waals surface area contributed by atoms with Crippen LogP contribution in [0.5, 0.6) is 0 Å². The molecule has 2 heterocycles. The molecule has 4 nitrogen and oxygen atoms in total. The largest absolute Gasteiger partial charge is 0.382 e. The predicted octanol–water partition coefficient (Wildman–Crippen LogP) is 2.37. The minimum Gasteiger partial charge on any atom is -0.382 e. The molecule has 0 amide bonds. The van der Waals surface area contributed by atoms with Gasteiger partial charge in [0.1, 0.15) is 5.82 Å². The minimum atomic E-state index is 0.579. The van der Waals surface area contributed by atoms with Gasteiger partial charge in [0.15, 0.2) is 0 Å². The van der Waals surface area contributed by atoms with Gasteiger partial charge in [0.2, 0.25) is 0 Å². The molecule has 4 heteroatoms. The first-order valence-corrected chi connectivity index (χ1v) is 5.86. The average Bonchev–Trinajstić information content (AvgIpc) is 2.68. The number of nitrogens with two attached hydrogens (primary N) is 1. The highest BCUT2D eigenvalue weighted by Gasteiger charge is 2.03. The fraction of sp³-hybridized carbons (Fsp3) is 0.143. The Kier molecular flexibility index (Phi) is 2.48. The highest BCUT2D eigenvalue weighted by molar-refractivity contribution is 5.78. The van der Waals surface area contributed by atoms with E-state index in [0.29, 0.717) is 12.4 Å². The maximum atomic E-state index is 5.73. The van der Waals surface area contributed by atoms with E-state index >= 15 is 0 Å². The smallest absolute Gasteiger partial charge is 0.148 e. The molecule has 0 atom stereocenters. The summed E-state index contributed by atoms with van der Waals surface area (Å²) < 4.78 is 1.82. The molecule has 0 unspecified atom stereocenters. The van der Waals surface area contributed by atoms with Gasteiger partial charge in [-0.1, -0.05) is 24.3 Å². The maximum Gasteiger partial charge on any atom is 0.148 e. The Balaban J connectivity index is 1.95. The standard InChI is InChI=1S/C14H14N4/c1-10-8-18(17-14(10)15)9-12-7-6-11-4-2-3-5-13(11)16-12/h2-8H,9H2,1H3,(H2,15,17). The second kappa shape index (κ2) is 4.14. The van der Waals surface area contributed by atoms with Crippen LogP contribution in [0.15, 0.2) is 42.6 Å². The van der Waals surface area contributed by atoms with Crippen molar-refractivity contribution in [3.8, 4) is 0 Å². The van der Waals surface area contributed by atoms with Crippen molar-refractivity contribution in [2.24, 2.45) is 0 Å². The molecule has 18 heavy (non-hydrogen) atoms. The summed E-state index contributed by atoms with van der Waals surface area (Å²) in [6.45, 7) is 2.59. The van der Waals surface area contributed by atoms with Crippen LogP contribution in [0.2, 0.25) is 0 Å². The van der Waals surface area contributed by atoms with Crippen molar-refractivity contribution in [2.75, 3.05) is 5.73 Å². The molecule has 0 saturated heterocycles. The fourth-order valence-corrected chi connectivity index (χ4v) is 1.98. The lowest BCUT2D eigenvalue weighted by atomic mass is 10.2. The van der Waals surface area contributed by atoms with Crippen molar-refractivity contribution in [3.63, 3.8) is 0 Å². The molecule has 1 aromatic carbocycles. The first-order valence-electron chi connectivity index (χ1n) is 5.86. The molecule has 0 radical (unpaired) electrons. The topological polar surface area (TPSA) is 56.7 Å². The third kappa shape index (κ3) is 1.93. The quantitative estimate of drug-likeness (QED) is 0.745. The van der Waals surface area contributed by atoms with Gasteiger partial charge in [-0.25, -0.2) is 0 Å². The second-order valence-electron chi connectivity index (χ2n) is 4.39. The van der Waals surface area contributed by atoms with Crippen molar-refractivity contribution in [1.29, 1.82) is 0 Å². The third-order valence-electron chi connectivity index (χ3n) is 2.96. The van der Waals surface area contributed by atoms with E-state index in [-0.39, 0.29) is 0 Å². The second-order valence-corrected chi connectivity index (χ2v) is 4.39. The summed E-state index contributed by atoms with van der Waals surface area (Å²) in [5, 5.41) is 5.39. The van der Waals surface area contributed by atoms with Crippen molar-refractivity contribution >= 4 is 16.7 Å². The first-order chi connectivity index (χ1) is 8.72. The van der Waals surface area contributed by atoms with E-state index in [4.69, 9.17) is 5.73 Å². The number of anilines is 1. The number of benzene rings is 1. The Morgan fingerprint density at radius 2 is 2.00 bits per heavy atom. The Labute approximate surface area is 105 Å². The van der Waals surface area contributed by atoms with E-state index in [2.05, 4.69) is 22.2 Å². The van der Waals surface area contributed by atoms with Crippen LogP contribution in [0.4, 0.5) is 5.82 Å². The molecular weight excluding hydrogens is 224 g/mol. The molecule has 90 valence electrons. The van der Waals surface area contributed by atoms with Crippen molar-refractivity contribution in [1.82, 2.24) is 14.8 Å². The van der Waals surface area contributed by atoms with Crippen LogP contribution in [0, 0.1) is 6.92 Å². The van der Waals surface area contributed by atoms with Crippen molar-refractivity contribution in [2.45, 2.75) is 13.5 Å². The maximum absolute atomic E-state index is 5.73. The van der Waals surface area contributed by atoms with Crippen LogP contribution in [-0.4, -0.2) is 14.8 Å². The highest BCUT2D eigenvalue weighted by atomic mass is 15.3. The van der Waals surface area contributed by atoms with E-state index in [1.165, 1.54) is 0 Å². The van der Waals surface area contributed by atoms with Crippen LogP contribution < -0.4 is 5.73 Å². The molecule has 0 fully saturated rings. The summed E-state index contributed by atoms with van der Waals surface area (Å²) in [6.07, 6.45) is 1.94. The van der Waals surface area contributed by atoms with E-state index in [1.54, 1.807) is 0 Å². The molecule has 2 aromatic heterocycles. The lowest BCUT2D eigenvalue weighted by Crippen LogP contribution is -2.03. The lowest BCUT2D eigenvalue weighted by Gasteiger charge is -2.03. The number of nitrogen functional groups attached to an aromatic ring is 1. The average molecular weight is 238 g/mol. The van der Waals surface area contributed by atoms with Gasteiger partial charge >= 0.3 is 0 Å². The number of hydrogen-bond acceptors (Lipinski definition) is 3. The van der Waals surface area contributed by atoms with E-state index in [9.17, 15) is 0 Å². The molecule has 0 bridgehead atoms. The number of pyridine rings is 1. The summed E-state index contributed by atoms with van der Waals surface area (Å²) in [5.41, 5.74) is 8.72. The summed E-state index contributed by atoms with van der Waals surface area (Å²) >= 11 is 0. The van der Waals surface area contributed by atoms with Crippen LogP contribution in [0.1, 0.15) is 11.3 Å². The number of aryl methyl sites for hydroxylation is 1. The summed E-state index contributed by atoms with van der Waals surface area (Å²) in [4.78, 5) is 4.61. The third-order valence-corrected chi connectivity index (χ3v) is 2.96. The van der Waals surface area contributed by atoms with Crippen molar-refractivity contribution < 1.29 is 0 Å². The highest BCUT2D eigenvalue weighted by Crippen LogP contribution is 2.13. The van der Waals surface area contributed by atoms with Crippen LogP contribution >= 0.6 is 0 Å². The first kappa shape index (κ1) is 10.8. The number of rotatable bonds is 2. The zero-order chi connectivity index (χ0) is 12.5. The summed E-state index contributed by atoms with van der Waals surface area (Å²) in [5.74, 6) is 0.579. The molecule has 0 spiro atoms. The van der Waals surface area contributed by atoms with Gasteiger partial charge in [-0.05, 0) is 19.1 Å². The SMILES string of the molecule is Cc1cn(Cc2ccc3ccccc3n2)nc1N. The Hall–Kier alpha value is -2.36. The van der Waals surface area contributed by atoms with Gasteiger partial charge in [-0.3, -0.25) is 9.67 Å². The predicted molar refractivity (Wildman–Crippen MR) is 72.2 cm³/mol. The Bertz CT molecular complexity index is 680. The van der Waals surface area contributed by atoms with Crippen molar-refractivity contribution in [3.05, 3.63) is 53.9 Å². The van der Waals surface area contributed by atoms with E-state index < -0.39 is 0 Å². The van der Waals surface area contributed by atoms with Gasteiger partial charge in [-0.15, -0.1) is 0 Å². The molecule has 0 aliphatic carbocycles. The molecule has 0 aliphatic rings. The normalized spacial score (nSPS) is 10.9. The van der Waals surface area contributed by atoms with Gasteiger partial charge in [0.25, 0.3) is 0 Å². The molecule has 2 N–H and O–H groups in total. The molecule has 3 aromatic rings. The van der Waals surface area contributed by atoms with Crippen LogP contribution in [-0.2, 0) is 6.54 Å². The number of fused-ring (bicyclic) bond motifs is 1. The zero-order valence-electron chi connectivity index (χ0n) is 10.2. The zero-order valence-corrected chi connectivity index (χ0v) is 10.2. The van der Waals surface area contributed by atoms with Crippen LogP contribution in [0.3, 0.4) is 0 Å². The molecule has 3 rings (SSSR count). The number of para-hydroxylation sites is 1. The number of nitrogens with zero attached hydrogens (tertiary/aromatic N) is 3. The van der Waals surface area contributed by atoms with Gasteiger partial charge in [0, 0.05) is 17.1 Å². The summed E-state index contributed by atoms with van der Waals surface area (Å²) in [6, 6.07) is 12.2. The van der Waals surface area contributed by atoms with Gasteiger partial charge in [0.05, 0.1) is 17.8 Å². The Morgan fingerprint density at radius 3 is 2.78 bits per heavy atom. The van der Waals surface area contributed by atoms with Crippen LogP contribution in [0.25, 0.3) is 10.9 Å². The number of hydrogen-bond donors (Lipinski definition) is 1. The fourth-order valence-electron chi connectivity index (χ4n) is 1.98. The molecule has 0 saturated carbocycles. The molecular formula is C14H14N4. The van der Waals surface area contributed by atoms with E-state index in [1.807, 2.05) is 42.1 Å². The number of aromatic nitrogens is 3. The monoisotopic (exact) mass is 238 g/mol. The minimum absolute atomic E-state index is 0.579. The van der Waals surface area contributed by atoms with Gasteiger partial charge < -0.3 is 5.73 Å². The Morgan fingerprint density at radius 1 is 1.17 bits per heavy atom. The lowest BCUT2D eigenvalue weighted by molar-refractivity contribution is 0.677. The summed E-state index contributed by atoms with van der Waals surface area (Å²) in [7, 11) is 0. The van der Waals surface area contributed by atoms with Gasteiger partial charge in [-0.2, -0.15) is 5.10 Å². The molecule has 0 aliphatic heterocycles. The van der Waals surface area contributed by atoms with E-state index in [0.717, 1.165) is 22.2 Å².